The second-order valence-corrected chi connectivity index (χ2v) is 13.4. The van der Waals surface area contributed by atoms with Gasteiger partial charge in [0.05, 0.1) is 0 Å². The second kappa shape index (κ2) is 5.03. The number of nitrogens with zero attached hydrogens (tertiary/aromatic N) is 1. The van der Waals surface area contributed by atoms with Crippen LogP contribution in [0.2, 0.25) is 19.6 Å². The van der Waals surface area contributed by atoms with Crippen LogP contribution in [0.1, 0.15) is 0 Å². The quantitative estimate of drug-likeness (QED) is 0.446. The molecule has 0 saturated heterocycles. The van der Waals surface area contributed by atoms with Gasteiger partial charge in [0.2, 0.25) is 8.32 Å². The molecule has 0 aliphatic rings. The van der Waals surface area contributed by atoms with Crippen LogP contribution < -0.4 is 0 Å². The Balaban J connectivity index is 4.50. The summed E-state index contributed by atoms with van der Waals surface area (Å²) >= 11 is 10.5. The molecular weight excluding hydrogens is 253 g/mol. The van der Waals surface area contributed by atoms with Gasteiger partial charge in [-0.3, -0.25) is 4.67 Å². The molecule has 0 saturated carbocycles. The first kappa shape index (κ1) is 14.5. The Hall–Kier alpha value is 0.517. The summed E-state index contributed by atoms with van der Waals surface area (Å²) in [6.07, 6.45) is -1.98. The summed E-state index contributed by atoms with van der Waals surface area (Å²) < 4.78 is 12.7. The van der Waals surface area contributed by atoms with E-state index in [-0.39, 0.29) is 0 Å². The van der Waals surface area contributed by atoms with Crippen molar-refractivity contribution >= 4 is 43.9 Å². The molecule has 0 aromatic heterocycles. The van der Waals surface area contributed by atoms with E-state index >= 15 is 0 Å². The van der Waals surface area contributed by atoms with E-state index < -0.39 is 14.7 Å². The lowest BCUT2D eigenvalue weighted by Gasteiger charge is -2.31. The molecule has 0 heterocycles. The van der Waals surface area contributed by atoms with Crippen LogP contribution >= 0.6 is 18.6 Å². The van der Waals surface area contributed by atoms with Crippen LogP contribution in [0.25, 0.3) is 0 Å². The summed E-state index contributed by atoms with van der Waals surface area (Å²) in [6, 6.07) is 0. The summed E-state index contributed by atoms with van der Waals surface area (Å²) in [6.45, 7) is 8.12. The zero-order valence-electron chi connectivity index (χ0n) is 9.53. The van der Waals surface area contributed by atoms with Crippen LogP contribution in [0.3, 0.4) is 0 Å². The van der Waals surface area contributed by atoms with Crippen molar-refractivity contribution in [1.82, 2.24) is 4.67 Å². The number of thiocarbonyl (C=S) groups is 1. The standard InChI is InChI=1S/C7H18NO2PS2Si/c1-8(11(3,13)9-2)7(12)10-14(4,5)6/h1-6H3. The molecule has 0 radical (unpaired) electrons. The first-order valence-corrected chi connectivity index (χ1v) is 11.1. The summed E-state index contributed by atoms with van der Waals surface area (Å²) in [5.74, 6) is 0. The van der Waals surface area contributed by atoms with Gasteiger partial charge in [0.25, 0.3) is 5.17 Å². The van der Waals surface area contributed by atoms with Gasteiger partial charge >= 0.3 is 0 Å². The minimum atomic E-state index is -1.98. The molecule has 0 fully saturated rings. The molecule has 0 aromatic carbocycles. The van der Waals surface area contributed by atoms with Crippen molar-refractivity contribution in [3.63, 3.8) is 0 Å². The Bertz CT molecular complexity index is 267. The first-order valence-electron chi connectivity index (χ1n) is 4.20. The topological polar surface area (TPSA) is 21.7 Å². The fraction of sp³-hybridized carbons (Fsp3) is 0.857. The lowest BCUT2D eigenvalue weighted by Crippen LogP contribution is -2.35. The smallest absolute Gasteiger partial charge is 0.250 e. The SMILES string of the molecule is COP(C)(=S)N(C)C(=S)O[Si](C)(C)C. The maximum absolute atomic E-state index is 5.67. The van der Waals surface area contributed by atoms with Crippen LogP contribution in [-0.2, 0) is 20.8 Å². The van der Waals surface area contributed by atoms with Crippen molar-refractivity contribution in [2.24, 2.45) is 0 Å². The van der Waals surface area contributed by atoms with Gasteiger partial charge in [-0.25, -0.2) is 0 Å². The number of rotatable bonds is 3. The van der Waals surface area contributed by atoms with Gasteiger partial charge in [0.1, 0.15) is 0 Å². The fourth-order valence-electron chi connectivity index (χ4n) is 0.599. The predicted octanol–water partition coefficient (Wildman–Crippen LogP) is 2.64. The molecule has 0 N–H and O–H groups in total. The van der Waals surface area contributed by atoms with Crippen molar-refractivity contribution in [2.45, 2.75) is 19.6 Å². The molecule has 3 nitrogen and oxygen atoms in total. The molecule has 0 rings (SSSR count). The maximum Gasteiger partial charge on any atom is 0.250 e. The third-order valence-electron chi connectivity index (χ3n) is 1.54. The van der Waals surface area contributed by atoms with Gasteiger partial charge in [-0.05, 0) is 43.7 Å². The molecule has 0 spiro atoms. The minimum absolute atomic E-state index is 0.455. The highest BCUT2D eigenvalue weighted by Crippen LogP contribution is 2.45. The largest absolute Gasteiger partial charge is 0.525 e. The van der Waals surface area contributed by atoms with Gasteiger partial charge in [-0.2, -0.15) is 0 Å². The third-order valence-corrected chi connectivity index (χ3v) is 6.12. The minimum Gasteiger partial charge on any atom is -0.525 e. The van der Waals surface area contributed by atoms with Crippen molar-refractivity contribution in [1.29, 1.82) is 0 Å². The van der Waals surface area contributed by atoms with E-state index in [1.54, 1.807) is 11.8 Å². The van der Waals surface area contributed by atoms with E-state index in [0.717, 1.165) is 0 Å². The molecule has 1 atom stereocenters. The van der Waals surface area contributed by atoms with Gasteiger partial charge in [0.15, 0.2) is 6.42 Å². The Morgan fingerprint density at radius 2 is 1.79 bits per heavy atom. The normalized spacial score (nSPS) is 15.9. The molecule has 0 aliphatic carbocycles. The summed E-state index contributed by atoms with van der Waals surface area (Å²) in [4.78, 5) is 0. The molecule has 14 heavy (non-hydrogen) atoms. The van der Waals surface area contributed by atoms with Gasteiger partial charge in [-0.1, -0.05) is 0 Å². The van der Waals surface area contributed by atoms with Crippen molar-refractivity contribution in [3.8, 4) is 0 Å². The summed E-state index contributed by atoms with van der Waals surface area (Å²) in [5, 5.41) is 0.455. The van der Waals surface area contributed by atoms with E-state index in [9.17, 15) is 0 Å². The molecule has 7 heteroatoms. The number of hydrogen-bond donors (Lipinski definition) is 0. The highest BCUT2D eigenvalue weighted by atomic mass is 32.4. The Labute approximate surface area is 98.0 Å². The van der Waals surface area contributed by atoms with E-state index in [1.165, 1.54) is 0 Å². The van der Waals surface area contributed by atoms with E-state index in [0.29, 0.717) is 5.17 Å². The van der Waals surface area contributed by atoms with Crippen molar-refractivity contribution in [2.75, 3.05) is 20.8 Å². The van der Waals surface area contributed by atoms with Gasteiger partial charge in [-0.15, -0.1) is 0 Å². The van der Waals surface area contributed by atoms with E-state index in [2.05, 4.69) is 19.6 Å². The lowest BCUT2D eigenvalue weighted by atomic mass is 11.2. The average molecular weight is 271 g/mol. The maximum atomic E-state index is 5.67. The first-order chi connectivity index (χ1) is 6.10. The molecule has 0 aliphatic heterocycles. The summed E-state index contributed by atoms with van der Waals surface area (Å²) in [7, 11) is 1.79. The van der Waals surface area contributed by atoms with E-state index in [1.807, 2.05) is 13.7 Å². The number of hydrogen-bond acceptors (Lipinski definition) is 4. The highest BCUT2D eigenvalue weighted by molar-refractivity contribution is 8.11. The molecule has 1 unspecified atom stereocenters. The predicted molar refractivity (Wildman–Crippen MR) is 72.0 cm³/mol. The van der Waals surface area contributed by atoms with Crippen LogP contribution in [0.15, 0.2) is 0 Å². The molecule has 0 amide bonds. The second-order valence-electron chi connectivity index (χ2n) is 3.99. The van der Waals surface area contributed by atoms with Crippen LogP contribution in [0, 0.1) is 0 Å². The molecule has 0 bridgehead atoms. The third kappa shape index (κ3) is 4.84. The fourth-order valence-corrected chi connectivity index (χ4v) is 3.51. The van der Waals surface area contributed by atoms with Crippen LogP contribution in [0.5, 0.6) is 0 Å². The molecule has 0 aromatic rings. The zero-order chi connectivity index (χ0) is 11.6. The van der Waals surface area contributed by atoms with Crippen LogP contribution in [-0.4, -0.2) is 39.0 Å². The van der Waals surface area contributed by atoms with E-state index in [4.69, 9.17) is 33.0 Å². The summed E-state index contributed by atoms with van der Waals surface area (Å²) in [5.41, 5.74) is 0. The molecular formula is C7H18NO2PS2Si. The lowest BCUT2D eigenvalue weighted by molar-refractivity contribution is 0.416. The zero-order valence-corrected chi connectivity index (χ0v) is 13.1. The monoisotopic (exact) mass is 271 g/mol. The Morgan fingerprint density at radius 3 is 2.07 bits per heavy atom. The highest BCUT2D eigenvalue weighted by Gasteiger charge is 2.25. The van der Waals surface area contributed by atoms with Gasteiger partial charge < -0.3 is 8.95 Å². The molecule has 84 valence electrons. The Kier molecular flexibility index (Phi) is 5.22. The Morgan fingerprint density at radius 1 is 1.36 bits per heavy atom. The van der Waals surface area contributed by atoms with Crippen molar-refractivity contribution < 1.29 is 8.95 Å². The van der Waals surface area contributed by atoms with Crippen molar-refractivity contribution in [3.05, 3.63) is 0 Å². The van der Waals surface area contributed by atoms with Crippen LogP contribution in [0.4, 0.5) is 0 Å². The average Bonchev–Trinajstić information content (AvgIpc) is 2.00. The van der Waals surface area contributed by atoms with Gasteiger partial charge in [0, 0.05) is 20.8 Å².